The van der Waals surface area contributed by atoms with E-state index in [0.29, 0.717) is 16.1 Å². The third-order valence-electron chi connectivity index (χ3n) is 4.50. The van der Waals surface area contributed by atoms with E-state index in [9.17, 15) is 14.4 Å². The number of nitriles is 1. The first-order chi connectivity index (χ1) is 12.0. The number of nitrogen functional groups attached to an aromatic ring is 1. The number of amides is 1. The number of nitrogens with zero attached hydrogens (tertiary/aromatic N) is 2. The van der Waals surface area contributed by atoms with Crippen molar-refractivity contribution in [2.45, 2.75) is 19.3 Å². The first-order valence-corrected chi connectivity index (χ1v) is 8.49. The quantitative estimate of drug-likeness (QED) is 0.699. The van der Waals surface area contributed by atoms with Crippen molar-refractivity contribution in [3.8, 4) is 6.07 Å². The molecular formula is C18H13FN4OS. The molecule has 0 radical (unpaired) electrons. The summed E-state index contributed by atoms with van der Waals surface area (Å²) in [5, 5.41) is 12.9. The average molecular weight is 352 g/mol. The molecule has 7 heteroatoms. The van der Waals surface area contributed by atoms with Gasteiger partial charge in [0.25, 0.3) is 0 Å². The molecule has 25 heavy (non-hydrogen) atoms. The number of anilines is 2. The number of thiophene rings is 1. The summed E-state index contributed by atoms with van der Waals surface area (Å²) < 4.78 is 14.1. The highest BCUT2D eigenvalue weighted by molar-refractivity contribution is 7.23. The van der Waals surface area contributed by atoms with Gasteiger partial charge in [-0.15, -0.1) is 11.3 Å². The van der Waals surface area contributed by atoms with Gasteiger partial charge in [-0.25, -0.2) is 9.37 Å². The molecule has 0 bridgehead atoms. The van der Waals surface area contributed by atoms with Crippen LogP contribution in [0.2, 0.25) is 0 Å². The minimum atomic E-state index is -0.323. The van der Waals surface area contributed by atoms with Crippen molar-refractivity contribution < 1.29 is 9.18 Å². The van der Waals surface area contributed by atoms with Gasteiger partial charge in [0.05, 0.1) is 15.8 Å². The lowest BCUT2D eigenvalue weighted by molar-refractivity contribution is -0.116. The second kappa shape index (κ2) is 5.53. The number of fused-ring (bicyclic) bond motifs is 3. The van der Waals surface area contributed by atoms with Crippen LogP contribution in [0, 0.1) is 24.1 Å². The first kappa shape index (κ1) is 15.5. The number of benzene rings is 1. The van der Waals surface area contributed by atoms with Crippen LogP contribution in [-0.2, 0) is 4.79 Å². The number of halogens is 1. The van der Waals surface area contributed by atoms with Crippen LogP contribution in [-0.4, -0.2) is 10.9 Å². The summed E-state index contributed by atoms with van der Waals surface area (Å²) >= 11 is 1.39. The van der Waals surface area contributed by atoms with Gasteiger partial charge in [0, 0.05) is 17.9 Å². The van der Waals surface area contributed by atoms with Crippen molar-refractivity contribution >= 4 is 38.3 Å². The molecule has 1 aliphatic rings. The fourth-order valence-electron chi connectivity index (χ4n) is 3.28. The van der Waals surface area contributed by atoms with Gasteiger partial charge >= 0.3 is 0 Å². The van der Waals surface area contributed by atoms with E-state index in [1.807, 2.05) is 6.92 Å². The van der Waals surface area contributed by atoms with Gasteiger partial charge in [0.15, 0.2) is 0 Å². The number of aryl methyl sites for hydroxylation is 1. The van der Waals surface area contributed by atoms with Crippen LogP contribution in [0.1, 0.15) is 34.6 Å². The van der Waals surface area contributed by atoms with Crippen LogP contribution < -0.4 is 11.1 Å². The highest BCUT2D eigenvalue weighted by Crippen LogP contribution is 2.47. The lowest BCUT2D eigenvalue weighted by Crippen LogP contribution is -2.22. The summed E-state index contributed by atoms with van der Waals surface area (Å²) in [6, 6.07) is 8.23. The Morgan fingerprint density at radius 1 is 1.40 bits per heavy atom. The van der Waals surface area contributed by atoms with Gasteiger partial charge in [-0.05, 0) is 30.2 Å². The number of carbonyl (C=O) groups excluding carboxylic acids is 1. The standard InChI is InChI=1S/C18H13FN4OS/c1-8-12(7-20)17(21)23-15-14-11(9-2-4-10(19)5-3-9)6-13(24)22-18(14)25-16(8)15/h2-5,11H,6H2,1H3,(H2,21,23)(H,22,24)/t11-/m1/s1. The minimum Gasteiger partial charge on any atom is -0.383 e. The minimum absolute atomic E-state index is 0.0977. The highest BCUT2D eigenvalue weighted by atomic mass is 32.1. The molecule has 0 saturated carbocycles. The van der Waals surface area contributed by atoms with E-state index in [1.54, 1.807) is 12.1 Å². The summed E-state index contributed by atoms with van der Waals surface area (Å²) in [5.74, 6) is -0.462. The molecule has 1 aromatic carbocycles. The smallest absolute Gasteiger partial charge is 0.225 e. The maximum absolute atomic E-state index is 13.3. The van der Waals surface area contributed by atoms with Crippen LogP contribution in [0.25, 0.3) is 10.2 Å². The van der Waals surface area contributed by atoms with E-state index in [-0.39, 0.29) is 29.9 Å². The number of rotatable bonds is 1. The number of nitrogens with one attached hydrogen (secondary N) is 1. The number of aromatic nitrogens is 1. The van der Waals surface area contributed by atoms with E-state index in [0.717, 1.165) is 21.4 Å². The third kappa shape index (κ3) is 2.34. The van der Waals surface area contributed by atoms with Crippen LogP contribution in [0.4, 0.5) is 15.2 Å². The molecule has 5 nitrogen and oxygen atoms in total. The Labute approximate surface area is 146 Å². The average Bonchev–Trinajstić information content (AvgIpc) is 2.93. The van der Waals surface area contributed by atoms with Crippen molar-refractivity contribution in [1.82, 2.24) is 4.98 Å². The van der Waals surface area contributed by atoms with Crippen molar-refractivity contribution in [3.05, 3.63) is 52.3 Å². The zero-order chi connectivity index (χ0) is 17.7. The molecule has 124 valence electrons. The lowest BCUT2D eigenvalue weighted by Gasteiger charge is -2.23. The SMILES string of the molecule is Cc1c(C#N)c(N)nc2c3c(sc12)NC(=O)C[C@@H]3c1ccc(F)cc1. The van der Waals surface area contributed by atoms with Gasteiger partial charge in [-0.2, -0.15) is 5.26 Å². The molecule has 1 aliphatic heterocycles. The van der Waals surface area contributed by atoms with E-state index in [2.05, 4.69) is 16.4 Å². The number of hydrogen-bond acceptors (Lipinski definition) is 5. The molecule has 3 N–H and O–H groups in total. The van der Waals surface area contributed by atoms with Crippen LogP contribution in [0.3, 0.4) is 0 Å². The number of pyridine rings is 1. The zero-order valence-corrected chi connectivity index (χ0v) is 14.1. The predicted molar refractivity (Wildman–Crippen MR) is 95.0 cm³/mol. The van der Waals surface area contributed by atoms with Crippen LogP contribution in [0.15, 0.2) is 24.3 Å². The summed E-state index contributed by atoms with van der Waals surface area (Å²) in [7, 11) is 0. The van der Waals surface area contributed by atoms with Gasteiger partial charge < -0.3 is 11.1 Å². The summed E-state index contributed by atoms with van der Waals surface area (Å²) in [5.41, 5.74) is 9.50. The number of hydrogen-bond donors (Lipinski definition) is 2. The van der Waals surface area contributed by atoms with E-state index >= 15 is 0 Å². The van der Waals surface area contributed by atoms with Crippen molar-refractivity contribution in [1.29, 1.82) is 5.26 Å². The second-order valence-corrected chi connectivity index (χ2v) is 7.01. The molecule has 3 heterocycles. The lowest BCUT2D eigenvalue weighted by atomic mass is 9.86. The molecule has 1 amide bonds. The van der Waals surface area contributed by atoms with Crippen LogP contribution >= 0.6 is 11.3 Å². The molecular weight excluding hydrogens is 339 g/mol. The Bertz CT molecular complexity index is 1070. The Morgan fingerprint density at radius 2 is 2.12 bits per heavy atom. The number of nitrogens with two attached hydrogens (primary N) is 1. The second-order valence-electron chi connectivity index (χ2n) is 5.99. The van der Waals surface area contributed by atoms with E-state index in [1.165, 1.54) is 23.5 Å². The maximum Gasteiger partial charge on any atom is 0.225 e. The summed E-state index contributed by atoms with van der Waals surface area (Å²) in [6.45, 7) is 1.83. The van der Waals surface area contributed by atoms with Gasteiger partial charge in [-0.3, -0.25) is 4.79 Å². The summed E-state index contributed by atoms with van der Waals surface area (Å²) in [6.07, 6.45) is 0.255. The van der Waals surface area contributed by atoms with E-state index in [4.69, 9.17) is 5.73 Å². The Balaban J connectivity index is 2.00. The zero-order valence-electron chi connectivity index (χ0n) is 13.3. The normalized spacial score (nSPS) is 16.4. The molecule has 4 rings (SSSR count). The van der Waals surface area contributed by atoms with Gasteiger partial charge in [0.1, 0.15) is 22.7 Å². The fraction of sp³-hybridized carbons (Fsp3) is 0.167. The molecule has 0 fully saturated rings. The molecule has 1 atom stereocenters. The molecule has 0 spiro atoms. The molecule has 0 unspecified atom stereocenters. The molecule has 3 aromatic rings. The molecule has 0 aliphatic carbocycles. The van der Waals surface area contributed by atoms with Crippen molar-refractivity contribution in [3.63, 3.8) is 0 Å². The topological polar surface area (TPSA) is 91.8 Å². The fourth-order valence-corrected chi connectivity index (χ4v) is 4.51. The first-order valence-electron chi connectivity index (χ1n) is 7.67. The van der Waals surface area contributed by atoms with Gasteiger partial charge in [0.2, 0.25) is 5.91 Å². The monoisotopic (exact) mass is 352 g/mol. The Morgan fingerprint density at radius 3 is 2.80 bits per heavy atom. The Hall–Kier alpha value is -2.98. The number of carbonyl (C=O) groups is 1. The van der Waals surface area contributed by atoms with Crippen molar-refractivity contribution in [2.24, 2.45) is 0 Å². The molecule has 0 saturated heterocycles. The van der Waals surface area contributed by atoms with E-state index < -0.39 is 0 Å². The predicted octanol–water partition coefficient (Wildman–Crippen LogP) is 3.67. The van der Waals surface area contributed by atoms with Crippen molar-refractivity contribution in [2.75, 3.05) is 11.1 Å². The maximum atomic E-state index is 13.3. The third-order valence-corrected chi connectivity index (χ3v) is 5.73. The molecule has 2 aromatic heterocycles. The highest BCUT2D eigenvalue weighted by Gasteiger charge is 2.32. The van der Waals surface area contributed by atoms with Gasteiger partial charge in [-0.1, -0.05) is 12.1 Å². The largest absolute Gasteiger partial charge is 0.383 e. The van der Waals surface area contributed by atoms with Crippen LogP contribution in [0.5, 0.6) is 0 Å². The summed E-state index contributed by atoms with van der Waals surface area (Å²) in [4.78, 5) is 16.6. The Kier molecular flexibility index (Phi) is 3.44.